The molecular formula is C12H16N2O4. The van der Waals surface area contributed by atoms with Crippen LogP contribution in [0.3, 0.4) is 0 Å². The first-order valence-electron chi connectivity index (χ1n) is 5.48. The zero-order chi connectivity index (χ0) is 13.4. The molecule has 0 aliphatic heterocycles. The SMILES string of the molecule is CCOc1ccc(C(=O)NNC(=O)COC)cc1. The van der Waals surface area contributed by atoms with Crippen molar-refractivity contribution in [2.75, 3.05) is 20.3 Å². The van der Waals surface area contributed by atoms with E-state index in [9.17, 15) is 9.59 Å². The number of methoxy groups -OCH3 is 1. The van der Waals surface area contributed by atoms with Crippen molar-refractivity contribution in [1.29, 1.82) is 0 Å². The van der Waals surface area contributed by atoms with E-state index in [4.69, 9.17) is 4.74 Å². The van der Waals surface area contributed by atoms with Crippen molar-refractivity contribution in [1.82, 2.24) is 10.9 Å². The van der Waals surface area contributed by atoms with Crippen LogP contribution in [-0.4, -0.2) is 32.1 Å². The number of ether oxygens (including phenoxy) is 2. The van der Waals surface area contributed by atoms with Gasteiger partial charge in [0.15, 0.2) is 0 Å². The standard InChI is InChI=1S/C12H16N2O4/c1-3-18-10-6-4-9(5-7-10)12(16)14-13-11(15)8-17-2/h4-7H,3,8H2,1-2H3,(H,13,15)(H,14,16). The Kier molecular flexibility index (Phi) is 5.66. The van der Waals surface area contributed by atoms with Gasteiger partial charge in [0.1, 0.15) is 12.4 Å². The Balaban J connectivity index is 2.48. The van der Waals surface area contributed by atoms with Crippen LogP contribution in [-0.2, 0) is 9.53 Å². The predicted octanol–water partition coefficient (Wildman–Crippen LogP) is 0.493. The Labute approximate surface area is 105 Å². The molecule has 1 aromatic rings. The third-order valence-electron chi connectivity index (χ3n) is 2.02. The first-order chi connectivity index (χ1) is 8.67. The van der Waals surface area contributed by atoms with Crippen molar-refractivity contribution in [3.05, 3.63) is 29.8 Å². The largest absolute Gasteiger partial charge is 0.494 e. The fourth-order valence-corrected chi connectivity index (χ4v) is 1.24. The summed E-state index contributed by atoms with van der Waals surface area (Å²) in [4.78, 5) is 22.7. The number of nitrogens with one attached hydrogen (secondary N) is 2. The van der Waals surface area contributed by atoms with Crippen LogP contribution in [0.2, 0.25) is 0 Å². The third kappa shape index (κ3) is 4.42. The molecule has 0 radical (unpaired) electrons. The van der Waals surface area contributed by atoms with Crippen LogP contribution in [0.4, 0.5) is 0 Å². The van der Waals surface area contributed by atoms with Gasteiger partial charge in [-0.2, -0.15) is 0 Å². The Morgan fingerprint density at radius 2 is 1.83 bits per heavy atom. The zero-order valence-corrected chi connectivity index (χ0v) is 10.4. The maximum Gasteiger partial charge on any atom is 0.269 e. The van der Waals surface area contributed by atoms with E-state index in [1.54, 1.807) is 24.3 Å². The zero-order valence-electron chi connectivity index (χ0n) is 10.4. The van der Waals surface area contributed by atoms with E-state index in [-0.39, 0.29) is 6.61 Å². The Hall–Kier alpha value is -2.08. The summed E-state index contributed by atoms with van der Waals surface area (Å²) in [5.41, 5.74) is 4.93. The van der Waals surface area contributed by atoms with Crippen molar-refractivity contribution < 1.29 is 19.1 Å². The molecule has 0 aliphatic rings. The smallest absolute Gasteiger partial charge is 0.269 e. The summed E-state index contributed by atoms with van der Waals surface area (Å²) in [6.07, 6.45) is 0. The first-order valence-corrected chi connectivity index (χ1v) is 5.48. The quantitative estimate of drug-likeness (QED) is 0.748. The van der Waals surface area contributed by atoms with Gasteiger partial charge in [-0.15, -0.1) is 0 Å². The molecule has 0 saturated heterocycles. The van der Waals surface area contributed by atoms with Crippen LogP contribution in [0, 0.1) is 0 Å². The summed E-state index contributed by atoms with van der Waals surface area (Å²) in [5, 5.41) is 0. The van der Waals surface area contributed by atoms with Gasteiger partial charge < -0.3 is 9.47 Å². The lowest BCUT2D eigenvalue weighted by Crippen LogP contribution is -2.43. The fraction of sp³-hybridized carbons (Fsp3) is 0.333. The molecule has 2 N–H and O–H groups in total. The van der Waals surface area contributed by atoms with Crippen LogP contribution in [0.25, 0.3) is 0 Å². The molecule has 0 aromatic heterocycles. The monoisotopic (exact) mass is 252 g/mol. The maximum atomic E-state index is 11.6. The highest BCUT2D eigenvalue weighted by molar-refractivity contribution is 5.95. The minimum Gasteiger partial charge on any atom is -0.494 e. The summed E-state index contributed by atoms with van der Waals surface area (Å²) in [5.74, 6) is -0.128. The highest BCUT2D eigenvalue weighted by Gasteiger charge is 2.06. The predicted molar refractivity (Wildman–Crippen MR) is 65.1 cm³/mol. The number of benzene rings is 1. The maximum absolute atomic E-state index is 11.6. The number of carbonyl (C=O) groups is 2. The van der Waals surface area contributed by atoms with E-state index < -0.39 is 11.8 Å². The summed E-state index contributed by atoms with van der Waals surface area (Å²) in [7, 11) is 1.40. The van der Waals surface area contributed by atoms with Crippen molar-refractivity contribution in [2.45, 2.75) is 6.92 Å². The Bertz CT molecular complexity index is 403. The summed E-state index contributed by atoms with van der Waals surface area (Å²) in [6.45, 7) is 2.34. The van der Waals surface area contributed by atoms with Crippen LogP contribution in [0.5, 0.6) is 5.75 Å². The van der Waals surface area contributed by atoms with E-state index in [2.05, 4.69) is 15.6 Å². The molecule has 0 fully saturated rings. The first kappa shape index (κ1) is 14.0. The molecule has 0 atom stereocenters. The van der Waals surface area contributed by atoms with E-state index in [1.165, 1.54) is 7.11 Å². The molecule has 0 heterocycles. The highest BCUT2D eigenvalue weighted by atomic mass is 16.5. The van der Waals surface area contributed by atoms with Crippen LogP contribution < -0.4 is 15.6 Å². The lowest BCUT2D eigenvalue weighted by molar-refractivity contribution is -0.125. The molecule has 1 rings (SSSR count). The lowest BCUT2D eigenvalue weighted by atomic mass is 10.2. The van der Waals surface area contributed by atoms with E-state index in [0.29, 0.717) is 17.9 Å². The van der Waals surface area contributed by atoms with Gasteiger partial charge in [0.2, 0.25) is 0 Å². The number of hydrazine groups is 1. The number of amides is 2. The van der Waals surface area contributed by atoms with Gasteiger partial charge in [-0.05, 0) is 31.2 Å². The van der Waals surface area contributed by atoms with Gasteiger partial charge in [-0.25, -0.2) is 0 Å². The van der Waals surface area contributed by atoms with Crippen LogP contribution in [0.1, 0.15) is 17.3 Å². The molecule has 98 valence electrons. The lowest BCUT2D eigenvalue weighted by Gasteiger charge is -2.07. The fourth-order valence-electron chi connectivity index (χ4n) is 1.24. The number of hydrogen-bond donors (Lipinski definition) is 2. The van der Waals surface area contributed by atoms with Crippen molar-refractivity contribution in [2.24, 2.45) is 0 Å². The van der Waals surface area contributed by atoms with Gasteiger partial charge in [-0.1, -0.05) is 0 Å². The van der Waals surface area contributed by atoms with Crippen LogP contribution >= 0.6 is 0 Å². The molecule has 0 saturated carbocycles. The van der Waals surface area contributed by atoms with Crippen molar-refractivity contribution in [3.8, 4) is 5.75 Å². The van der Waals surface area contributed by atoms with Gasteiger partial charge in [-0.3, -0.25) is 20.4 Å². The van der Waals surface area contributed by atoms with Crippen molar-refractivity contribution in [3.63, 3.8) is 0 Å². The Morgan fingerprint density at radius 1 is 1.17 bits per heavy atom. The number of rotatable bonds is 5. The van der Waals surface area contributed by atoms with Gasteiger partial charge >= 0.3 is 0 Å². The molecule has 0 bridgehead atoms. The number of carbonyl (C=O) groups excluding carboxylic acids is 2. The second kappa shape index (κ2) is 7.29. The molecule has 0 spiro atoms. The summed E-state index contributed by atoms with van der Waals surface area (Å²) >= 11 is 0. The molecule has 0 unspecified atom stereocenters. The molecule has 2 amide bonds. The number of hydrogen-bond acceptors (Lipinski definition) is 4. The minimum atomic E-state index is -0.420. The molecule has 6 nitrogen and oxygen atoms in total. The summed E-state index contributed by atoms with van der Waals surface area (Å²) in [6, 6.07) is 6.61. The minimum absolute atomic E-state index is 0.108. The van der Waals surface area contributed by atoms with E-state index in [1.807, 2.05) is 6.92 Å². The summed E-state index contributed by atoms with van der Waals surface area (Å²) < 4.78 is 9.86. The molecule has 18 heavy (non-hydrogen) atoms. The van der Waals surface area contributed by atoms with Crippen molar-refractivity contribution >= 4 is 11.8 Å². The molecule has 1 aromatic carbocycles. The van der Waals surface area contributed by atoms with Gasteiger partial charge in [0, 0.05) is 12.7 Å². The normalized spacial score (nSPS) is 9.67. The average molecular weight is 252 g/mol. The highest BCUT2D eigenvalue weighted by Crippen LogP contribution is 2.11. The van der Waals surface area contributed by atoms with Gasteiger partial charge in [0.05, 0.1) is 6.61 Å². The topological polar surface area (TPSA) is 76.7 Å². The van der Waals surface area contributed by atoms with E-state index >= 15 is 0 Å². The molecular weight excluding hydrogens is 236 g/mol. The van der Waals surface area contributed by atoms with Crippen LogP contribution in [0.15, 0.2) is 24.3 Å². The van der Waals surface area contributed by atoms with Gasteiger partial charge in [0.25, 0.3) is 11.8 Å². The second-order valence-corrected chi connectivity index (χ2v) is 3.39. The molecule has 6 heteroatoms. The second-order valence-electron chi connectivity index (χ2n) is 3.39. The average Bonchev–Trinajstić information content (AvgIpc) is 2.37. The van der Waals surface area contributed by atoms with E-state index in [0.717, 1.165) is 0 Å². The molecule has 0 aliphatic carbocycles. The Morgan fingerprint density at radius 3 is 2.39 bits per heavy atom. The third-order valence-corrected chi connectivity index (χ3v) is 2.02.